The minimum absolute atomic E-state index is 0.376. The minimum atomic E-state index is -0.448. The number of nitrogens with zero attached hydrogens (tertiary/aromatic N) is 3. The van der Waals surface area contributed by atoms with Crippen LogP contribution in [0.4, 0.5) is 0 Å². The summed E-state index contributed by atoms with van der Waals surface area (Å²) in [4.78, 5) is 13.4. The molecule has 1 aliphatic rings. The fourth-order valence-electron chi connectivity index (χ4n) is 2.05. The van der Waals surface area contributed by atoms with E-state index >= 15 is 0 Å². The van der Waals surface area contributed by atoms with Gasteiger partial charge in [-0.3, -0.25) is 14.4 Å². The Morgan fingerprint density at radius 2 is 2.25 bits per heavy atom. The average Bonchev–Trinajstić information content (AvgIpc) is 2.50. The molecule has 2 N–H and O–H groups in total. The molecule has 1 aromatic rings. The minimum Gasteiger partial charge on any atom is -0.364 e. The summed E-state index contributed by atoms with van der Waals surface area (Å²) >= 11 is 0. The first-order valence-corrected chi connectivity index (χ1v) is 5.68. The van der Waals surface area contributed by atoms with Gasteiger partial charge in [0.2, 0.25) is 0 Å². The fraction of sp³-hybridized carbons (Fsp3) is 0.636. The van der Waals surface area contributed by atoms with Crippen molar-refractivity contribution in [2.75, 3.05) is 6.54 Å². The van der Waals surface area contributed by atoms with Gasteiger partial charge in [-0.25, -0.2) is 0 Å². The topological polar surface area (TPSA) is 64.2 Å². The number of carbonyl (C=O) groups is 1. The standard InChI is InChI=1S/C11H18N4O/c1-8(2)14-4-3-5-15-9(7-14)6-10(13-15)11(12)16/h6,8H,3-5,7H2,1-2H3,(H2,12,16). The molecule has 0 spiro atoms. The van der Waals surface area contributed by atoms with Gasteiger partial charge >= 0.3 is 0 Å². The molecule has 0 fully saturated rings. The molecule has 1 amide bonds. The predicted octanol–water partition coefficient (Wildman–Crippen LogP) is 0.596. The first-order chi connectivity index (χ1) is 7.58. The molecule has 0 aliphatic carbocycles. The highest BCUT2D eigenvalue weighted by atomic mass is 16.1. The van der Waals surface area contributed by atoms with E-state index in [9.17, 15) is 4.79 Å². The van der Waals surface area contributed by atoms with E-state index in [0.717, 1.165) is 31.7 Å². The van der Waals surface area contributed by atoms with Crippen molar-refractivity contribution in [3.63, 3.8) is 0 Å². The third kappa shape index (κ3) is 2.09. The third-order valence-electron chi connectivity index (χ3n) is 3.03. The number of primary amides is 1. The molecule has 88 valence electrons. The Labute approximate surface area is 95.2 Å². The van der Waals surface area contributed by atoms with E-state index in [0.29, 0.717) is 11.7 Å². The van der Waals surface area contributed by atoms with Crippen molar-refractivity contribution in [2.24, 2.45) is 5.73 Å². The summed E-state index contributed by atoms with van der Waals surface area (Å²) in [5, 5.41) is 4.22. The van der Waals surface area contributed by atoms with Gasteiger partial charge in [0.1, 0.15) is 5.69 Å². The lowest BCUT2D eigenvalue weighted by Crippen LogP contribution is -2.30. The number of hydrogen-bond donors (Lipinski definition) is 1. The van der Waals surface area contributed by atoms with Crippen LogP contribution in [0.2, 0.25) is 0 Å². The molecule has 0 unspecified atom stereocenters. The van der Waals surface area contributed by atoms with Crippen LogP contribution in [0.1, 0.15) is 36.5 Å². The van der Waals surface area contributed by atoms with E-state index in [1.807, 2.05) is 10.7 Å². The number of rotatable bonds is 2. The molecule has 0 saturated carbocycles. The number of nitrogens with two attached hydrogens (primary N) is 1. The largest absolute Gasteiger partial charge is 0.364 e. The van der Waals surface area contributed by atoms with Crippen molar-refractivity contribution in [2.45, 2.75) is 39.4 Å². The highest BCUT2D eigenvalue weighted by molar-refractivity contribution is 5.90. The van der Waals surface area contributed by atoms with Crippen LogP contribution in [0.15, 0.2) is 6.07 Å². The van der Waals surface area contributed by atoms with E-state index in [4.69, 9.17) is 5.73 Å². The maximum Gasteiger partial charge on any atom is 0.269 e. The van der Waals surface area contributed by atoms with E-state index in [1.165, 1.54) is 0 Å². The molecule has 5 nitrogen and oxygen atoms in total. The summed E-state index contributed by atoms with van der Waals surface area (Å²) in [5.74, 6) is -0.448. The summed E-state index contributed by atoms with van der Waals surface area (Å²) in [7, 11) is 0. The lowest BCUT2D eigenvalue weighted by Gasteiger charge is -2.23. The summed E-state index contributed by atoms with van der Waals surface area (Å²) in [5.41, 5.74) is 6.69. The monoisotopic (exact) mass is 222 g/mol. The Morgan fingerprint density at radius 1 is 1.50 bits per heavy atom. The Bertz CT molecular complexity index is 397. The summed E-state index contributed by atoms with van der Waals surface area (Å²) in [6.07, 6.45) is 1.06. The highest BCUT2D eigenvalue weighted by Gasteiger charge is 2.19. The average molecular weight is 222 g/mol. The zero-order valence-corrected chi connectivity index (χ0v) is 9.81. The first kappa shape index (κ1) is 11.1. The van der Waals surface area contributed by atoms with Gasteiger partial charge in [0.15, 0.2) is 0 Å². The zero-order valence-electron chi connectivity index (χ0n) is 9.81. The lowest BCUT2D eigenvalue weighted by atomic mass is 10.2. The van der Waals surface area contributed by atoms with Gasteiger partial charge in [0, 0.05) is 25.7 Å². The molecule has 1 aliphatic heterocycles. The van der Waals surface area contributed by atoms with Crippen LogP contribution >= 0.6 is 0 Å². The van der Waals surface area contributed by atoms with Crippen LogP contribution in [0.3, 0.4) is 0 Å². The molecule has 1 aromatic heterocycles. The molecule has 2 rings (SSSR count). The normalized spacial score (nSPS) is 17.2. The van der Waals surface area contributed by atoms with Gasteiger partial charge in [-0.2, -0.15) is 5.10 Å². The second kappa shape index (κ2) is 4.25. The van der Waals surface area contributed by atoms with Crippen LogP contribution < -0.4 is 5.73 Å². The van der Waals surface area contributed by atoms with Gasteiger partial charge in [0.05, 0.1) is 5.69 Å². The molecule has 0 atom stereocenters. The maximum atomic E-state index is 11.1. The maximum absolute atomic E-state index is 11.1. The van der Waals surface area contributed by atoms with E-state index in [2.05, 4.69) is 23.8 Å². The number of fused-ring (bicyclic) bond motifs is 1. The SMILES string of the molecule is CC(C)N1CCCn2nc(C(N)=O)cc2C1. The Balaban J connectivity index is 2.25. The summed E-state index contributed by atoms with van der Waals surface area (Å²) < 4.78 is 1.91. The van der Waals surface area contributed by atoms with E-state index in [-0.39, 0.29) is 0 Å². The molecule has 16 heavy (non-hydrogen) atoms. The Hall–Kier alpha value is -1.36. The number of aryl methyl sites for hydroxylation is 1. The molecule has 0 aromatic carbocycles. The summed E-state index contributed by atoms with van der Waals surface area (Å²) in [6.45, 7) is 7.15. The van der Waals surface area contributed by atoms with Crippen molar-refractivity contribution >= 4 is 5.91 Å². The number of aromatic nitrogens is 2. The van der Waals surface area contributed by atoms with Crippen LogP contribution in [-0.4, -0.2) is 33.2 Å². The number of hydrogen-bond acceptors (Lipinski definition) is 3. The quantitative estimate of drug-likeness (QED) is 0.796. The van der Waals surface area contributed by atoms with Crippen molar-refractivity contribution in [3.05, 3.63) is 17.5 Å². The van der Waals surface area contributed by atoms with Gasteiger partial charge in [-0.05, 0) is 26.3 Å². The number of amides is 1. The van der Waals surface area contributed by atoms with E-state index < -0.39 is 5.91 Å². The van der Waals surface area contributed by atoms with Crippen molar-refractivity contribution < 1.29 is 4.79 Å². The van der Waals surface area contributed by atoms with Gasteiger partial charge < -0.3 is 5.73 Å². The second-order valence-electron chi connectivity index (χ2n) is 4.53. The third-order valence-corrected chi connectivity index (χ3v) is 3.03. The first-order valence-electron chi connectivity index (χ1n) is 5.68. The van der Waals surface area contributed by atoms with Gasteiger partial charge in [-0.15, -0.1) is 0 Å². The molecule has 0 bridgehead atoms. The molecular weight excluding hydrogens is 204 g/mol. The van der Waals surface area contributed by atoms with Gasteiger partial charge in [-0.1, -0.05) is 0 Å². The number of carbonyl (C=O) groups excluding carboxylic acids is 1. The predicted molar refractivity (Wildman–Crippen MR) is 60.9 cm³/mol. The van der Waals surface area contributed by atoms with Crippen molar-refractivity contribution in [1.82, 2.24) is 14.7 Å². The highest BCUT2D eigenvalue weighted by Crippen LogP contribution is 2.15. The molecule has 0 saturated heterocycles. The van der Waals surface area contributed by atoms with E-state index in [1.54, 1.807) is 0 Å². The van der Waals surface area contributed by atoms with Crippen LogP contribution in [0, 0.1) is 0 Å². The summed E-state index contributed by atoms with van der Waals surface area (Å²) in [6, 6.07) is 2.32. The van der Waals surface area contributed by atoms with Crippen LogP contribution in [-0.2, 0) is 13.1 Å². The molecule has 5 heteroatoms. The fourth-order valence-corrected chi connectivity index (χ4v) is 2.05. The molecular formula is C11H18N4O. The van der Waals surface area contributed by atoms with Crippen LogP contribution in [0.5, 0.6) is 0 Å². The molecule has 2 heterocycles. The Morgan fingerprint density at radius 3 is 2.88 bits per heavy atom. The Kier molecular flexibility index (Phi) is 2.96. The zero-order chi connectivity index (χ0) is 11.7. The van der Waals surface area contributed by atoms with Crippen molar-refractivity contribution in [3.8, 4) is 0 Å². The van der Waals surface area contributed by atoms with Gasteiger partial charge in [0.25, 0.3) is 5.91 Å². The lowest BCUT2D eigenvalue weighted by molar-refractivity contribution is 0.0994. The van der Waals surface area contributed by atoms with Crippen LogP contribution in [0.25, 0.3) is 0 Å². The van der Waals surface area contributed by atoms with Crippen molar-refractivity contribution in [1.29, 1.82) is 0 Å². The smallest absolute Gasteiger partial charge is 0.269 e. The second-order valence-corrected chi connectivity index (χ2v) is 4.53. The molecule has 0 radical (unpaired) electrons.